The van der Waals surface area contributed by atoms with Crippen molar-refractivity contribution in [1.29, 1.82) is 0 Å². The predicted octanol–water partition coefficient (Wildman–Crippen LogP) is 5.11. The molecule has 0 spiro atoms. The zero-order valence-corrected chi connectivity index (χ0v) is 12.9. The largest absolute Gasteiger partial charge is 0.466 e. The molecule has 2 nitrogen and oxygen atoms in total. The Morgan fingerprint density at radius 2 is 1.39 bits per heavy atom. The summed E-state index contributed by atoms with van der Waals surface area (Å²) < 4.78 is 4.89. The van der Waals surface area contributed by atoms with Crippen molar-refractivity contribution < 1.29 is 9.53 Å². The van der Waals surface area contributed by atoms with Crippen molar-refractivity contribution >= 4 is 5.97 Å². The zero-order chi connectivity index (χ0) is 13.9. The first-order valence-corrected chi connectivity index (χ1v) is 7.61. The predicted molar refractivity (Wildman–Crippen MR) is 77.6 cm³/mol. The van der Waals surface area contributed by atoms with Gasteiger partial charge in [-0.15, -0.1) is 0 Å². The third-order valence-corrected chi connectivity index (χ3v) is 3.11. The molecule has 0 aliphatic carbocycles. The summed E-state index contributed by atoms with van der Waals surface area (Å²) in [7, 11) is 0. The maximum absolute atomic E-state index is 11.1. The fraction of sp³-hybridized carbons (Fsp3) is 0.938. The van der Waals surface area contributed by atoms with Gasteiger partial charge >= 0.3 is 5.97 Å². The molecule has 0 aliphatic heterocycles. The average molecular weight is 256 g/mol. The molecule has 0 aromatic carbocycles. The molecule has 0 heterocycles. The molecule has 0 atom stereocenters. The molecule has 0 amide bonds. The minimum Gasteiger partial charge on any atom is -0.466 e. The van der Waals surface area contributed by atoms with Crippen molar-refractivity contribution in [3.63, 3.8) is 0 Å². The molecule has 0 bridgehead atoms. The Morgan fingerprint density at radius 3 is 1.89 bits per heavy atom. The Bertz CT molecular complexity index is 204. The summed E-state index contributed by atoms with van der Waals surface area (Å²) in [5.74, 6) is -0.0392. The Kier molecular flexibility index (Phi) is 10.1. The van der Waals surface area contributed by atoms with Crippen LogP contribution in [0.3, 0.4) is 0 Å². The number of esters is 1. The molecule has 0 saturated heterocycles. The van der Waals surface area contributed by atoms with Gasteiger partial charge < -0.3 is 4.74 Å². The van der Waals surface area contributed by atoms with Crippen molar-refractivity contribution in [2.24, 2.45) is 5.41 Å². The van der Waals surface area contributed by atoms with Crippen molar-refractivity contribution in [3.8, 4) is 0 Å². The lowest BCUT2D eigenvalue weighted by Crippen LogP contribution is -2.04. The summed E-state index contributed by atoms with van der Waals surface area (Å²) in [5.41, 5.74) is 0.486. The van der Waals surface area contributed by atoms with Gasteiger partial charge in [0.1, 0.15) is 0 Å². The van der Waals surface area contributed by atoms with Crippen LogP contribution in [0.25, 0.3) is 0 Å². The molecule has 0 fully saturated rings. The Balaban J connectivity index is 3.15. The van der Waals surface area contributed by atoms with Crippen molar-refractivity contribution in [2.75, 3.05) is 6.61 Å². The summed E-state index contributed by atoms with van der Waals surface area (Å²) in [6.45, 7) is 9.29. The van der Waals surface area contributed by atoms with Crippen molar-refractivity contribution in [1.82, 2.24) is 0 Å². The van der Waals surface area contributed by atoms with E-state index in [0.717, 1.165) is 12.8 Å². The Morgan fingerprint density at radius 1 is 0.889 bits per heavy atom. The molecule has 0 aromatic heterocycles. The van der Waals surface area contributed by atoms with Crippen LogP contribution in [-0.4, -0.2) is 12.6 Å². The van der Waals surface area contributed by atoms with Gasteiger partial charge in [0.05, 0.1) is 6.61 Å². The van der Waals surface area contributed by atoms with Gasteiger partial charge in [0.25, 0.3) is 0 Å². The van der Waals surface area contributed by atoms with Gasteiger partial charge in [-0.3, -0.25) is 4.79 Å². The number of hydrogen-bond donors (Lipinski definition) is 0. The third kappa shape index (κ3) is 13.5. The van der Waals surface area contributed by atoms with Crippen molar-refractivity contribution in [3.05, 3.63) is 0 Å². The lowest BCUT2D eigenvalue weighted by Gasteiger charge is -2.17. The number of rotatable bonds is 10. The molecule has 0 rings (SSSR count). The first kappa shape index (κ1) is 17.5. The van der Waals surface area contributed by atoms with E-state index in [1.54, 1.807) is 0 Å². The molecule has 0 saturated carbocycles. The first-order valence-electron chi connectivity index (χ1n) is 7.61. The Labute approximate surface area is 113 Å². The second-order valence-electron chi connectivity index (χ2n) is 6.34. The van der Waals surface area contributed by atoms with Gasteiger partial charge in [-0.05, 0) is 25.2 Å². The average Bonchev–Trinajstić information content (AvgIpc) is 2.25. The molecule has 2 heteroatoms. The van der Waals surface area contributed by atoms with Gasteiger partial charge in [-0.1, -0.05) is 59.3 Å². The number of hydrogen-bond acceptors (Lipinski definition) is 2. The van der Waals surface area contributed by atoms with Crippen LogP contribution in [0.2, 0.25) is 0 Å². The van der Waals surface area contributed by atoms with Crippen LogP contribution >= 0.6 is 0 Å². The number of carbonyl (C=O) groups excluding carboxylic acids is 1. The van der Waals surface area contributed by atoms with E-state index in [-0.39, 0.29) is 5.97 Å². The monoisotopic (exact) mass is 256 g/mol. The van der Waals surface area contributed by atoms with Gasteiger partial charge in [0.2, 0.25) is 0 Å². The minimum absolute atomic E-state index is 0.0392. The van der Waals surface area contributed by atoms with Crippen LogP contribution in [-0.2, 0) is 9.53 Å². The summed E-state index contributed by atoms with van der Waals surface area (Å²) in [4.78, 5) is 11.1. The van der Waals surface area contributed by atoms with Gasteiger partial charge in [-0.25, -0.2) is 0 Å². The molecule has 0 unspecified atom stereocenters. The first-order chi connectivity index (χ1) is 8.45. The smallest absolute Gasteiger partial charge is 0.305 e. The lowest BCUT2D eigenvalue weighted by atomic mass is 9.89. The van der Waals surface area contributed by atoms with E-state index < -0.39 is 0 Å². The summed E-state index contributed by atoms with van der Waals surface area (Å²) in [5, 5.41) is 0. The Hall–Kier alpha value is -0.530. The highest BCUT2D eigenvalue weighted by Gasteiger charge is 2.08. The van der Waals surface area contributed by atoms with Crippen LogP contribution in [0.5, 0.6) is 0 Å². The van der Waals surface area contributed by atoms with E-state index in [2.05, 4.69) is 20.8 Å². The van der Waals surface area contributed by atoms with Gasteiger partial charge in [-0.2, -0.15) is 0 Å². The fourth-order valence-corrected chi connectivity index (χ4v) is 2.04. The molecule has 18 heavy (non-hydrogen) atoms. The van der Waals surface area contributed by atoms with E-state index in [1.165, 1.54) is 38.5 Å². The normalized spacial score (nSPS) is 11.6. The second kappa shape index (κ2) is 10.4. The summed E-state index contributed by atoms with van der Waals surface area (Å²) in [6.07, 6.45) is 10.7. The van der Waals surface area contributed by atoms with Crippen LogP contribution in [0.1, 0.15) is 85.5 Å². The van der Waals surface area contributed by atoms with Crippen LogP contribution < -0.4 is 0 Å². The topological polar surface area (TPSA) is 26.3 Å². The number of unbranched alkanes of at least 4 members (excludes halogenated alkanes) is 6. The highest BCUT2D eigenvalue weighted by Crippen LogP contribution is 2.22. The van der Waals surface area contributed by atoms with Gasteiger partial charge in [0.15, 0.2) is 0 Å². The fourth-order valence-electron chi connectivity index (χ4n) is 2.04. The van der Waals surface area contributed by atoms with Crippen LogP contribution in [0.4, 0.5) is 0 Å². The standard InChI is InChI=1S/C16H32O2/c1-5-18-15(17)13-11-9-7-6-8-10-12-14-16(2,3)4/h5-14H2,1-4H3. The van der Waals surface area contributed by atoms with E-state index in [1.807, 2.05) is 6.92 Å². The maximum Gasteiger partial charge on any atom is 0.305 e. The highest BCUT2D eigenvalue weighted by molar-refractivity contribution is 5.69. The quantitative estimate of drug-likeness (QED) is 0.401. The van der Waals surface area contributed by atoms with Crippen molar-refractivity contribution in [2.45, 2.75) is 85.5 Å². The molecule has 0 aromatic rings. The third-order valence-electron chi connectivity index (χ3n) is 3.11. The molecular formula is C16H32O2. The zero-order valence-electron chi connectivity index (χ0n) is 12.9. The second-order valence-corrected chi connectivity index (χ2v) is 6.34. The van der Waals surface area contributed by atoms with Gasteiger partial charge in [0, 0.05) is 6.42 Å². The van der Waals surface area contributed by atoms with E-state index in [9.17, 15) is 4.79 Å². The number of ether oxygens (including phenoxy) is 1. The lowest BCUT2D eigenvalue weighted by molar-refractivity contribution is -0.143. The van der Waals surface area contributed by atoms with Crippen LogP contribution in [0, 0.1) is 5.41 Å². The van der Waals surface area contributed by atoms with E-state index in [0.29, 0.717) is 18.4 Å². The molecule has 108 valence electrons. The SMILES string of the molecule is CCOC(=O)CCCCCCCCCC(C)(C)C. The summed E-state index contributed by atoms with van der Waals surface area (Å²) >= 11 is 0. The van der Waals surface area contributed by atoms with E-state index >= 15 is 0 Å². The maximum atomic E-state index is 11.1. The molecule has 0 N–H and O–H groups in total. The van der Waals surface area contributed by atoms with E-state index in [4.69, 9.17) is 4.74 Å². The molecular weight excluding hydrogens is 224 g/mol. The summed E-state index contributed by atoms with van der Waals surface area (Å²) in [6, 6.07) is 0. The highest BCUT2D eigenvalue weighted by atomic mass is 16.5. The molecule has 0 radical (unpaired) electrons. The minimum atomic E-state index is -0.0392. The van der Waals surface area contributed by atoms with Crippen LogP contribution in [0.15, 0.2) is 0 Å². The molecule has 0 aliphatic rings. The number of carbonyl (C=O) groups is 1.